The van der Waals surface area contributed by atoms with Gasteiger partial charge in [-0.05, 0) is 48.6 Å². The van der Waals surface area contributed by atoms with E-state index in [0.29, 0.717) is 11.8 Å². The van der Waals surface area contributed by atoms with Gasteiger partial charge in [-0.25, -0.2) is 9.97 Å². The van der Waals surface area contributed by atoms with Gasteiger partial charge < -0.3 is 9.47 Å². The molecule has 35 heavy (non-hydrogen) atoms. The molecule has 0 N–H and O–H groups in total. The van der Waals surface area contributed by atoms with Crippen molar-refractivity contribution >= 4 is 41.4 Å². The third-order valence-electron chi connectivity index (χ3n) is 6.64. The number of methoxy groups -OCH3 is 2. The molecule has 182 valence electrons. The summed E-state index contributed by atoms with van der Waals surface area (Å²) in [7, 11) is 5.04. The molecule has 8 heteroatoms. The van der Waals surface area contributed by atoms with Crippen LogP contribution in [-0.4, -0.2) is 52.8 Å². The van der Waals surface area contributed by atoms with Gasteiger partial charge in [0.25, 0.3) is 0 Å². The van der Waals surface area contributed by atoms with E-state index in [1.807, 2.05) is 24.5 Å². The summed E-state index contributed by atoms with van der Waals surface area (Å²) in [6, 6.07) is 15.1. The number of rotatable bonds is 8. The minimum atomic E-state index is 0.610. The number of hydrogen-bond donors (Lipinski definition) is 0. The Morgan fingerprint density at radius 1 is 1.03 bits per heavy atom. The Morgan fingerprint density at radius 3 is 2.54 bits per heavy atom. The van der Waals surface area contributed by atoms with E-state index < -0.39 is 0 Å². The highest BCUT2D eigenvalue weighted by molar-refractivity contribution is 14.2. The second-order valence-corrected chi connectivity index (χ2v) is 10.7. The summed E-state index contributed by atoms with van der Waals surface area (Å²) in [6.45, 7) is 4.13. The van der Waals surface area contributed by atoms with Gasteiger partial charge in [-0.1, -0.05) is 24.3 Å². The molecule has 1 unspecified atom stereocenters. The molecule has 4 aromatic rings. The van der Waals surface area contributed by atoms with Crippen molar-refractivity contribution in [2.24, 2.45) is 5.92 Å². The summed E-state index contributed by atoms with van der Waals surface area (Å²) in [5, 5.41) is 1.11. The van der Waals surface area contributed by atoms with Crippen LogP contribution in [0, 0.1) is 5.92 Å². The van der Waals surface area contributed by atoms with E-state index in [1.165, 1.54) is 24.0 Å². The molecule has 0 aliphatic carbocycles. The van der Waals surface area contributed by atoms with Crippen LogP contribution in [0.15, 0.2) is 61.1 Å². The lowest BCUT2D eigenvalue weighted by molar-refractivity contribution is 0.0874. The maximum Gasteiger partial charge on any atom is 0.212 e. The Hall–Kier alpha value is -2.14. The van der Waals surface area contributed by atoms with E-state index in [0.717, 1.165) is 54.0 Å². The number of nitrogens with zero attached hydrogens (tertiary/aromatic N) is 4. The zero-order chi connectivity index (χ0) is 24.2. The van der Waals surface area contributed by atoms with E-state index >= 15 is 0 Å². The molecule has 1 fully saturated rings. The lowest BCUT2D eigenvalue weighted by Gasteiger charge is -2.32. The van der Waals surface area contributed by atoms with Crippen molar-refractivity contribution in [3.05, 3.63) is 66.6 Å². The first-order valence-electron chi connectivity index (χ1n) is 11.8. The van der Waals surface area contributed by atoms with Crippen molar-refractivity contribution in [1.29, 1.82) is 0 Å². The van der Waals surface area contributed by atoms with Crippen LogP contribution in [0.1, 0.15) is 18.4 Å². The standard InChI is InChI=1S/C27H29IN4O2S/c1-33-18-20-4-3-11-31(16-20)15-19-5-7-21(8-6-19)23-12-24-25(17-32(35-28)27(24)30-14-23)22-9-10-26(34-2)29-13-22/h5-10,12-14,17,20H,3-4,11,15-16,18H2,1-2H3. The molecule has 0 radical (unpaired) electrons. The molecule has 6 nitrogen and oxygen atoms in total. The maximum atomic E-state index is 5.39. The Morgan fingerprint density at radius 2 is 1.83 bits per heavy atom. The largest absolute Gasteiger partial charge is 0.481 e. The normalized spacial score (nSPS) is 16.6. The van der Waals surface area contributed by atoms with E-state index in [2.05, 4.69) is 71.6 Å². The molecule has 5 rings (SSSR count). The van der Waals surface area contributed by atoms with E-state index in [-0.39, 0.29) is 0 Å². The molecule has 3 aromatic heterocycles. The fourth-order valence-corrected chi connectivity index (χ4v) is 6.16. The van der Waals surface area contributed by atoms with Crippen LogP contribution in [0.4, 0.5) is 0 Å². The number of hydrogen-bond acceptors (Lipinski definition) is 6. The molecule has 0 spiro atoms. The fourth-order valence-electron chi connectivity index (χ4n) is 4.91. The highest BCUT2D eigenvalue weighted by Crippen LogP contribution is 2.36. The van der Waals surface area contributed by atoms with Crippen LogP contribution in [0.5, 0.6) is 5.88 Å². The summed E-state index contributed by atoms with van der Waals surface area (Å²) in [5.74, 6) is 1.26. The molecule has 1 aromatic carbocycles. The predicted octanol–water partition coefficient (Wildman–Crippen LogP) is 6.48. The molecule has 0 saturated carbocycles. The smallest absolute Gasteiger partial charge is 0.212 e. The third kappa shape index (κ3) is 5.50. The summed E-state index contributed by atoms with van der Waals surface area (Å²) < 4.78 is 12.7. The van der Waals surface area contributed by atoms with Crippen molar-refractivity contribution < 1.29 is 9.47 Å². The van der Waals surface area contributed by atoms with E-state index in [4.69, 9.17) is 14.5 Å². The average molecular weight is 601 g/mol. The van der Waals surface area contributed by atoms with Crippen molar-refractivity contribution in [3.63, 3.8) is 0 Å². The molecule has 0 amide bonds. The quantitative estimate of drug-likeness (QED) is 0.216. The summed E-state index contributed by atoms with van der Waals surface area (Å²) >= 11 is 2.29. The zero-order valence-electron chi connectivity index (χ0n) is 20.0. The van der Waals surface area contributed by atoms with Crippen LogP contribution in [0.2, 0.25) is 0 Å². The van der Waals surface area contributed by atoms with Gasteiger partial charge in [0.2, 0.25) is 5.88 Å². The second kappa shape index (κ2) is 11.3. The SMILES string of the molecule is COCC1CCCN(Cc2ccc(-c3cnc4c(c3)c(-c3ccc(OC)nc3)cn4SI)cc2)C1. The molecular formula is C27H29IN4O2S. The number of halogens is 1. The van der Waals surface area contributed by atoms with Crippen LogP contribution in [-0.2, 0) is 11.3 Å². The van der Waals surface area contributed by atoms with Gasteiger partial charge in [-0.3, -0.25) is 8.87 Å². The van der Waals surface area contributed by atoms with Gasteiger partial charge in [0.1, 0.15) is 0 Å². The van der Waals surface area contributed by atoms with Crippen LogP contribution >= 0.6 is 30.3 Å². The van der Waals surface area contributed by atoms with Gasteiger partial charge >= 0.3 is 0 Å². The molecular weight excluding hydrogens is 571 g/mol. The number of ether oxygens (including phenoxy) is 2. The van der Waals surface area contributed by atoms with Crippen LogP contribution < -0.4 is 4.74 Å². The van der Waals surface area contributed by atoms with E-state index in [9.17, 15) is 0 Å². The van der Waals surface area contributed by atoms with Gasteiger partial charge in [0.15, 0.2) is 5.65 Å². The zero-order valence-corrected chi connectivity index (χ0v) is 23.0. The molecule has 1 aliphatic heterocycles. The minimum absolute atomic E-state index is 0.610. The Bertz CT molecular complexity index is 1280. The fraction of sp³-hybridized carbons (Fsp3) is 0.333. The van der Waals surface area contributed by atoms with Crippen molar-refractivity contribution in [2.75, 3.05) is 33.9 Å². The Kier molecular flexibility index (Phi) is 7.91. The minimum Gasteiger partial charge on any atom is -0.481 e. The lowest BCUT2D eigenvalue weighted by Crippen LogP contribution is -2.36. The van der Waals surface area contributed by atoms with Gasteiger partial charge in [-0.15, -0.1) is 0 Å². The number of pyridine rings is 2. The molecule has 0 bridgehead atoms. The monoisotopic (exact) mass is 600 g/mol. The number of likely N-dealkylation sites (tertiary alicyclic amines) is 1. The summed E-state index contributed by atoms with van der Waals surface area (Å²) in [5.41, 5.74) is 6.74. The number of aromatic nitrogens is 3. The number of benzene rings is 1. The molecule has 1 saturated heterocycles. The first kappa shape index (κ1) is 24.5. The number of piperidine rings is 1. The first-order chi connectivity index (χ1) is 17.2. The van der Waals surface area contributed by atoms with Crippen molar-refractivity contribution in [3.8, 4) is 28.1 Å². The molecule has 1 aliphatic rings. The molecule has 4 heterocycles. The topological polar surface area (TPSA) is 52.4 Å². The Balaban J connectivity index is 1.39. The van der Waals surface area contributed by atoms with Crippen LogP contribution in [0.25, 0.3) is 33.3 Å². The van der Waals surface area contributed by atoms with Gasteiger partial charge in [0, 0.05) is 97.3 Å². The Labute approximate surface area is 222 Å². The number of fused-ring (bicyclic) bond motifs is 1. The van der Waals surface area contributed by atoms with Crippen molar-refractivity contribution in [2.45, 2.75) is 19.4 Å². The first-order valence-corrected chi connectivity index (χ1v) is 15.1. The van der Waals surface area contributed by atoms with Gasteiger partial charge in [-0.2, -0.15) is 0 Å². The van der Waals surface area contributed by atoms with Crippen molar-refractivity contribution in [1.82, 2.24) is 18.8 Å². The third-order valence-corrected chi connectivity index (χ3v) is 8.34. The lowest BCUT2D eigenvalue weighted by atomic mass is 9.98. The van der Waals surface area contributed by atoms with Crippen LogP contribution in [0.3, 0.4) is 0 Å². The summed E-state index contributed by atoms with van der Waals surface area (Å²) in [6.07, 6.45) is 8.47. The highest BCUT2D eigenvalue weighted by atomic mass is 127. The highest BCUT2D eigenvalue weighted by Gasteiger charge is 2.20. The molecule has 1 atom stereocenters. The van der Waals surface area contributed by atoms with Gasteiger partial charge in [0.05, 0.1) is 13.7 Å². The summed E-state index contributed by atoms with van der Waals surface area (Å²) in [4.78, 5) is 11.8. The van der Waals surface area contributed by atoms with E-state index in [1.54, 1.807) is 23.3 Å². The predicted molar refractivity (Wildman–Crippen MR) is 152 cm³/mol. The average Bonchev–Trinajstić information content (AvgIpc) is 3.28. The maximum absolute atomic E-state index is 5.39. The second-order valence-electron chi connectivity index (χ2n) is 9.02.